The first-order valence-electron chi connectivity index (χ1n) is 12.5. The molecule has 2 aliphatic heterocycles. The first-order chi connectivity index (χ1) is 17.1. The van der Waals surface area contributed by atoms with Crippen molar-refractivity contribution in [3.63, 3.8) is 0 Å². The van der Waals surface area contributed by atoms with Crippen molar-refractivity contribution in [3.8, 4) is 22.8 Å². The smallest absolute Gasteiger partial charge is 0.254 e. The number of oxazole rings is 1. The van der Waals surface area contributed by atoms with Gasteiger partial charge in [0, 0.05) is 50.4 Å². The number of amides is 2. The molecular weight excluding hydrogens is 440 g/mol. The Morgan fingerprint density at radius 1 is 0.857 bits per heavy atom. The second-order valence-electron chi connectivity index (χ2n) is 9.45. The summed E-state index contributed by atoms with van der Waals surface area (Å²) in [5.41, 5.74) is 3.41. The van der Waals surface area contributed by atoms with Gasteiger partial charge in [0.15, 0.2) is 5.76 Å². The Bertz CT molecular complexity index is 1170. The van der Waals surface area contributed by atoms with Crippen molar-refractivity contribution in [1.29, 1.82) is 0 Å². The summed E-state index contributed by atoms with van der Waals surface area (Å²) in [5, 5.41) is 0. The van der Waals surface area contributed by atoms with Gasteiger partial charge in [-0.3, -0.25) is 14.5 Å². The summed E-state index contributed by atoms with van der Waals surface area (Å²) in [6.45, 7) is 6.83. The number of likely N-dealkylation sites (tertiary alicyclic amines) is 1. The van der Waals surface area contributed by atoms with Crippen molar-refractivity contribution in [2.45, 2.75) is 26.2 Å². The zero-order valence-electron chi connectivity index (χ0n) is 20.3. The van der Waals surface area contributed by atoms with Crippen molar-refractivity contribution in [2.24, 2.45) is 0 Å². The quantitative estimate of drug-likeness (QED) is 0.560. The minimum Gasteiger partial charge on any atom is -0.436 e. The van der Waals surface area contributed by atoms with Crippen molar-refractivity contribution in [1.82, 2.24) is 19.7 Å². The standard InChI is InChI=1S/C28H32N4O3/c1-21-9-11-22(12-10-21)25-19-29-27(35-25)23-7-3-4-8-24(23)28(34)32-17-15-30(16-18-32)20-26(33)31-13-5-2-6-14-31/h3-4,7-12,19H,2,5-6,13-18,20H2,1H3. The summed E-state index contributed by atoms with van der Waals surface area (Å²) in [5.74, 6) is 1.30. The predicted octanol–water partition coefficient (Wildman–Crippen LogP) is 4.09. The lowest BCUT2D eigenvalue weighted by Crippen LogP contribution is -2.52. The highest BCUT2D eigenvalue weighted by atomic mass is 16.4. The molecule has 5 rings (SSSR count). The molecule has 2 saturated heterocycles. The van der Waals surface area contributed by atoms with E-state index in [1.807, 2.05) is 65.3 Å². The zero-order valence-corrected chi connectivity index (χ0v) is 20.3. The molecule has 0 aliphatic carbocycles. The van der Waals surface area contributed by atoms with E-state index >= 15 is 0 Å². The molecule has 0 spiro atoms. The van der Waals surface area contributed by atoms with Gasteiger partial charge in [-0.2, -0.15) is 0 Å². The van der Waals surface area contributed by atoms with Crippen LogP contribution >= 0.6 is 0 Å². The van der Waals surface area contributed by atoms with E-state index in [9.17, 15) is 9.59 Å². The Morgan fingerprint density at radius 2 is 1.57 bits per heavy atom. The van der Waals surface area contributed by atoms with Crippen LogP contribution in [0.4, 0.5) is 0 Å². The molecule has 3 aromatic rings. The lowest BCUT2D eigenvalue weighted by atomic mass is 10.1. The van der Waals surface area contributed by atoms with Crippen LogP contribution < -0.4 is 0 Å². The summed E-state index contributed by atoms with van der Waals surface area (Å²) >= 11 is 0. The van der Waals surface area contributed by atoms with Gasteiger partial charge in [-0.1, -0.05) is 42.0 Å². The van der Waals surface area contributed by atoms with E-state index in [1.54, 1.807) is 6.20 Å². The average molecular weight is 473 g/mol. The molecular formula is C28H32N4O3. The van der Waals surface area contributed by atoms with E-state index in [0.29, 0.717) is 55.5 Å². The van der Waals surface area contributed by atoms with Crippen LogP contribution in [0.25, 0.3) is 22.8 Å². The number of carbonyl (C=O) groups is 2. The van der Waals surface area contributed by atoms with Crippen LogP contribution in [-0.2, 0) is 4.79 Å². The molecule has 1 aromatic heterocycles. The molecule has 0 saturated carbocycles. The van der Waals surface area contributed by atoms with E-state index in [1.165, 1.54) is 12.0 Å². The molecule has 7 nitrogen and oxygen atoms in total. The van der Waals surface area contributed by atoms with Crippen LogP contribution in [0.15, 0.2) is 59.1 Å². The molecule has 0 atom stereocenters. The van der Waals surface area contributed by atoms with Crippen LogP contribution in [0.5, 0.6) is 0 Å². The van der Waals surface area contributed by atoms with Gasteiger partial charge in [-0.15, -0.1) is 0 Å². The predicted molar refractivity (Wildman–Crippen MR) is 135 cm³/mol. The fourth-order valence-corrected chi connectivity index (χ4v) is 4.82. The summed E-state index contributed by atoms with van der Waals surface area (Å²) in [6, 6.07) is 15.6. The van der Waals surface area contributed by atoms with Gasteiger partial charge in [-0.05, 0) is 38.3 Å². The van der Waals surface area contributed by atoms with Gasteiger partial charge in [0.2, 0.25) is 11.8 Å². The molecule has 2 amide bonds. The van der Waals surface area contributed by atoms with E-state index in [4.69, 9.17) is 4.42 Å². The number of piperazine rings is 1. The third kappa shape index (κ3) is 5.30. The average Bonchev–Trinajstić information content (AvgIpc) is 3.40. The first kappa shape index (κ1) is 23.3. The minimum absolute atomic E-state index is 0.0299. The number of carbonyl (C=O) groups excluding carboxylic acids is 2. The molecule has 3 heterocycles. The van der Waals surface area contributed by atoms with Crippen LogP contribution in [0.1, 0.15) is 35.2 Å². The molecule has 0 radical (unpaired) electrons. The third-order valence-corrected chi connectivity index (χ3v) is 6.96. The van der Waals surface area contributed by atoms with Gasteiger partial charge in [0.1, 0.15) is 0 Å². The maximum absolute atomic E-state index is 13.4. The number of aryl methyl sites for hydroxylation is 1. The lowest BCUT2D eigenvalue weighted by molar-refractivity contribution is -0.133. The Labute approximate surface area is 206 Å². The van der Waals surface area contributed by atoms with Gasteiger partial charge in [0.05, 0.1) is 18.3 Å². The maximum atomic E-state index is 13.4. The van der Waals surface area contributed by atoms with E-state index in [0.717, 1.165) is 31.5 Å². The van der Waals surface area contributed by atoms with Crippen molar-refractivity contribution >= 4 is 11.8 Å². The molecule has 2 fully saturated rings. The summed E-state index contributed by atoms with van der Waals surface area (Å²) in [7, 11) is 0. The molecule has 182 valence electrons. The third-order valence-electron chi connectivity index (χ3n) is 6.96. The molecule has 2 aliphatic rings. The summed E-state index contributed by atoms with van der Waals surface area (Å²) in [4.78, 5) is 36.5. The van der Waals surface area contributed by atoms with Gasteiger partial charge < -0.3 is 14.2 Å². The summed E-state index contributed by atoms with van der Waals surface area (Å²) < 4.78 is 6.06. The Kier molecular flexibility index (Phi) is 6.95. The summed E-state index contributed by atoms with van der Waals surface area (Å²) in [6.07, 6.45) is 5.13. The molecule has 2 aromatic carbocycles. The number of benzene rings is 2. The van der Waals surface area contributed by atoms with Crippen LogP contribution in [0.3, 0.4) is 0 Å². The highest BCUT2D eigenvalue weighted by Crippen LogP contribution is 2.29. The number of rotatable bonds is 5. The first-order valence-corrected chi connectivity index (χ1v) is 12.5. The topological polar surface area (TPSA) is 69.9 Å². The molecule has 7 heteroatoms. The Balaban J connectivity index is 1.24. The van der Waals surface area contributed by atoms with E-state index < -0.39 is 0 Å². The van der Waals surface area contributed by atoms with Crippen molar-refractivity contribution in [2.75, 3.05) is 45.8 Å². The van der Waals surface area contributed by atoms with Crippen molar-refractivity contribution < 1.29 is 14.0 Å². The monoisotopic (exact) mass is 472 g/mol. The molecule has 0 N–H and O–H groups in total. The number of nitrogens with zero attached hydrogens (tertiary/aromatic N) is 4. The number of hydrogen-bond acceptors (Lipinski definition) is 5. The highest BCUT2D eigenvalue weighted by molar-refractivity contribution is 6.00. The normalized spacial score (nSPS) is 16.9. The van der Waals surface area contributed by atoms with Crippen LogP contribution in [-0.4, -0.2) is 77.3 Å². The molecule has 0 bridgehead atoms. The number of piperidine rings is 1. The minimum atomic E-state index is -0.0299. The number of aromatic nitrogens is 1. The Hall–Kier alpha value is -3.45. The number of hydrogen-bond donors (Lipinski definition) is 0. The fraction of sp³-hybridized carbons (Fsp3) is 0.393. The highest BCUT2D eigenvalue weighted by Gasteiger charge is 2.27. The van der Waals surface area contributed by atoms with Gasteiger partial charge >= 0.3 is 0 Å². The largest absolute Gasteiger partial charge is 0.436 e. The second-order valence-corrected chi connectivity index (χ2v) is 9.45. The van der Waals surface area contributed by atoms with Crippen LogP contribution in [0.2, 0.25) is 0 Å². The van der Waals surface area contributed by atoms with E-state index in [2.05, 4.69) is 9.88 Å². The SMILES string of the molecule is Cc1ccc(-c2cnc(-c3ccccc3C(=O)N3CCN(CC(=O)N4CCCCC4)CC3)o2)cc1. The molecule has 35 heavy (non-hydrogen) atoms. The Morgan fingerprint density at radius 3 is 2.31 bits per heavy atom. The second kappa shape index (κ2) is 10.4. The van der Waals surface area contributed by atoms with Gasteiger partial charge in [0.25, 0.3) is 5.91 Å². The van der Waals surface area contributed by atoms with Crippen LogP contribution in [0, 0.1) is 6.92 Å². The maximum Gasteiger partial charge on any atom is 0.254 e. The lowest BCUT2D eigenvalue weighted by Gasteiger charge is -2.36. The fourth-order valence-electron chi connectivity index (χ4n) is 4.82. The molecule has 0 unspecified atom stereocenters. The van der Waals surface area contributed by atoms with E-state index in [-0.39, 0.29) is 11.8 Å². The van der Waals surface area contributed by atoms with Crippen molar-refractivity contribution in [3.05, 3.63) is 65.9 Å². The van der Waals surface area contributed by atoms with Gasteiger partial charge in [-0.25, -0.2) is 4.98 Å². The zero-order chi connectivity index (χ0) is 24.2.